The largest absolute Gasteiger partial charge is 0.323 e. The van der Waals surface area contributed by atoms with E-state index in [1.165, 1.54) is 16.4 Å². The van der Waals surface area contributed by atoms with E-state index in [2.05, 4.69) is 18.4 Å². The van der Waals surface area contributed by atoms with Crippen molar-refractivity contribution in [3.8, 4) is 0 Å². The highest BCUT2D eigenvalue weighted by molar-refractivity contribution is 6.31. The van der Waals surface area contributed by atoms with E-state index in [-0.39, 0.29) is 0 Å². The van der Waals surface area contributed by atoms with Crippen molar-refractivity contribution in [3.63, 3.8) is 0 Å². The molecule has 0 aromatic rings. The van der Waals surface area contributed by atoms with Crippen molar-refractivity contribution in [2.75, 3.05) is 13.2 Å². The molecule has 7 heavy (non-hydrogen) atoms. The molecule has 0 unspecified atom stereocenters. The first-order chi connectivity index (χ1) is 3.33. The van der Waals surface area contributed by atoms with Crippen LogP contribution in [-0.4, -0.2) is 33.0 Å². The highest BCUT2D eigenvalue weighted by Crippen LogP contribution is 1.36. The fraction of sp³-hybridized carbons (Fsp3) is 1.00. The zero-order valence-electron chi connectivity index (χ0n) is 5.91. The van der Waals surface area contributed by atoms with Gasteiger partial charge in [-0.2, -0.15) is 0 Å². The van der Waals surface area contributed by atoms with E-state index >= 15 is 0 Å². The van der Waals surface area contributed by atoms with Crippen LogP contribution in [0.4, 0.5) is 0 Å². The Kier molecular flexibility index (Phi) is 24.0. The standard InChI is InChI=1S/C2H9NSi.C2H8Si/c1-3-2-4;1-3-2/h3H,2H2,1,4H3;3H2,1-2H3. The van der Waals surface area contributed by atoms with E-state index in [4.69, 9.17) is 0 Å². The number of hydrogen-bond donors (Lipinski definition) is 1. The van der Waals surface area contributed by atoms with E-state index in [1.54, 1.807) is 0 Å². The molecule has 0 spiro atoms. The molecule has 0 aromatic heterocycles. The maximum absolute atomic E-state index is 2.99. The molecule has 0 saturated carbocycles. The number of rotatable bonds is 1. The molecule has 0 fully saturated rings. The summed E-state index contributed by atoms with van der Waals surface area (Å²) in [5, 5.41) is 2.99. The van der Waals surface area contributed by atoms with Gasteiger partial charge in [0.05, 0.1) is 0 Å². The molecular formula is C4H17NSi2. The van der Waals surface area contributed by atoms with Crippen molar-refractivity contribution < 1.29 is 0 Å². The van der Waals surface area contributed by atoms with Crippen LogP contribution < -0.4 is 5.32 Å². The second-order valence-corrected chi connectivity index (χ2v) is 3.54. The molecule has 0 aliphatic rings. The molecule has 0 rings (SSSR count). The molecule has 0 amide bonds. The molecule has 0 bridgehead atoms. The summed E-state index contributed by atoms with van der Waals surface area (Å²) in [6, 6.07) is 0. The van der Waals surface area contributed by atoms with Gasteiger partial charge in [0.25, 0.3) is 0 Å². The lowest BCUT2D eigenvalue weighted by Crippen LogP contribution is -2.05. The molecular weight excluding hydrogens is 118 g/mol. The Labute approximate surface area is 52.1 Å². The van der Waals surface area contributed by atoms with Gasteiger partial charge in [0.15, 0.2) is 0 Å². The Morgan fingerprint density at radius 2 is 1.71 bits per heavy atom. The Morgan fingerprint density at radius 1 is 1.57 bits per heavy atom. The van der Waals surface area contributed by atoms with Crippen LogP contribution in [0.15, 0.2) is 0 Å². The maximum Gasteiger partial charge on any atom is 0.0201 e. The van der Waals surface area contributed by atoms with Crippen molar-refractivity contribution in [2.45, 2.75) is 13.1 Å². The quantitative estimate of drug-likeness (QED) is 0.445. The predicted octanol–water partition coefficient (Wildman–Crippen LogP) is -1.22. The Bertz CT molecular complexity index is 17.2. The van der Waals surface area contributed by atoms with Gasteiger partial charge in [0.1, 0.15) is 0 Å². The fourth-order valence-electron chi connectivity index (χ4n) is 0. The summed E-state index contributed by atoms with van der Waals surface area (Å²) in [6.45, 7) is 4.53. The SMILES string of the molecule is CNC[SiH3].C[SiH2]C. The lowest BCUT2D eigenvalue weighted by Gasteiger charge is -1.75. The van der Waals surface area contributed by atoms with Gasteiger partial charge in [0, 0.05) is 19.8 Å². The topological polar surface area (TPSA) is 12.0 Å². The van der Waals surface area contributed by atoms with E-state index in [1.807, 2.05) is 7.05 Å². The molecule has 3 heteroatoms. The van der Waals surface area contributed by atoms with Gasteiger partial charge in [-0.05, 0) is 13.2 Å². The Balaban J connectivity index is 0. The van der Waals surface area contributed by atoms with E-state index < -0.39 is 0 Å². The van der Waals surface area contributed by atoms with Gasteiger partial charge in [0.2, 0.25) is 0 Å². The van der Waals surface area contributed by atoms with Crippen LogP contribution >= 0.6 is 0 Å². The molecule has 1 N–H and O–H groups in total. The van der Waals surface area contributed by atoms with E-state index in [0.29, 0.717) is 9.52 Å². The summed E-state index contributed by atoms with van der Waals surface area (Å²) in [5.74, 6) is 0. The van der Waals surface area contributed by atoms with Crippen LogP contribution in [0.2, 0.25) is 13.1 Å². The van der Waals surface area contributed by atoms with Gasteiger partial charge in [-0.3, -0.25) is 0 Å². The minimum absolute atomic E-state index is 0.417. The molecule has 0 aromatic carbocycles. The third-order valence-electron chi connectivity index (χ3n) is 0.354. The number of hydrogen-bond acceptors (Lipinski definition) is 1. The zero-order valence-corrected chi connectivity index (χ0v) is 9.33. The predicted molar refractivity (Wildman–Crippen MR) is 44.1 cm³/mol. The van der Waals surface area contributed by atoms with Crippen LogP contribution in [0.3, 0.4) is 0 Å². The van der Waals surface area contributed by atoms with Gasteiger partial charge < -0.3 is 5.32 Å². The summed E-state index contributed by atoms with van der Waals surface area (Å²) in [5.41, 5.74) is 0. The van der Waals surface area contributed by atoms with E-state index in [9.17, 15) is 0 Å². The smallest absolute Gasteiger partial charge is 0.0201 e. The summed E-state index contributed by atoms with van der Waals surface area (Å²) in [4.78, 5) is 0. The van der Waals surface area contributed by atoms with Crippen molar-refractivity contribution in [1.29, 1.82) is 0 Å². The second-order valence-electron chi connectivity index (χ2n) is 1.41. The summed E-state index contributed by atoms with van der Waals surface area (Å²) in [7, 11) is 3.66. The minimum Gasteiger partial charge on any atom is -0.323 e. The van der Waals surface area contributed by atoms with Crippen LogP contribution in [-0.2, 0) is 0 Å². The average Bonchev–Trinajstić information content (AvgIpc) is 1.69. The Morgan fingerprint density at radius 3 is 1.71 bits per heavy atom. The molecule has 0 heterocycles. The molecule has 1 nitrogen and oxygen atoms in total. The number of nitrogens with one attached hydrogen (secondary N) is 1. The third-order valence-corrected chi connectivity index (χ3v) is 1.06. The molecule has 0 aliphatic heterocycles. The molecule has 0 aliphatic carbocycles. The van der Waals surface area contributed by atoms with Crippen LogP contribution in [0.5, 0.6) is 0 Å². The molecule has 0 saturated heterocycles. The summed E-state index contributed by atoms with van der Waals surface area (Å²) >= 11 is 0. The van der Waals surface area contributed by atoms with Gasteiger partial charge >= 0.3 is 0 Å². The highest BCUT2D eigenvalue weighted by Gasteiger charge is 1.51. The van der Waals surface area contributed by atoms with Crippen molar-refractivity contribution >= 4 is 19.8 Å². The minimum atomic E-state index is 0.417. The first kappa shape index (κ1) is 10.4. The molecule has 46 valence electrons. The van der Waals surface area contributed by atoms with Crippen LogP contribution in [0.1, 0.15) is 0 Å². The van der Waals surface area contributed by atoms with Crippen molar-refractivity contribution in [2.24, 2.45) is 0 Å². The van der Waals surface area contributed by atoms with Crippen molar-refractivity contribution in [3.05, 3.63) is 0 Å². The average molecular weight is 135 g/mol. The summed E-state index contributed by atoms with van der Waals surface area (Å²) in [6.07, 6.45) is 1.21. The van der Waals surface area contributed by atoms with E-state index in [0.717, 1.165) is 0 Å². The Hall–Kier alpha value is 0.394. The van der Waals surface area contributed by atoms with Crippen LogP contribution in [0, 0.1) is 0 Å². The summed E-state index contributed by atoms with van der Waals surface area (Å²) < 4.78 is 0. The first-order valence-corrected chi connectivity index (χ1v) is 7.22. The van der Waals surface area contributed by atoms with Gasteiger partial charge in [-0.1, -0.05) is 13.1 Å². The van der Waals surface area contributed by atoms with Gasteiger partial charge in [-0.15, -0.1) is 0 Å². The maximum atomic E-state index is 2.99. The fourth-order valence-corrected chi connectivity index (χ4v) is 0. The van der Waals surface area contributed by atoms with Crippen molar-refractivity contribution in [1.82, 2.24) is 5.32 Å². The normalized spacial score (nSPS) is 7.29. The molecule has 0 atom stereocenters. The molecule has 0 radical (unpaired) electrons. The third kappa shape index (κ3) is 63.5. The monoisotopic (exact) mass is 135 g/mol. The first-order valence-electron chi connectivity index (χ1n) is 2.97. The second kappa shape index (κ2) is 16.2. The lowest BCUT2D eigenvalue weighted by atomic mass is 11.3. The lowest BCUT2D eigenvalue weighted by molar-refractivity contribution is 0.974. The highest BCUT2D eigenvalue weighted by atomic mass is 28.2. The van der Waals surface area contributed by atoms with Crippen LogP contribution in [0.25, 0.3) is 0 Å². The zero-order chi connectivity index (χ0) is 6.12. The van der Waals surface area contributed by atoms with Gasteiger partial charge in [-0.25, -0.2) is 0 Å².